The summed E-state index contributed by atoms with van der Waals surface area (Å²) in [5.74, 6) is -1.14. The second-order valence-corrected chi connectivity index (χ2v) is 3.95. The van der Waals surface area contributed by atoms with Gasteiger partial charge in [-0.05, 0) is 27.9 Å². The maximum Gasteiger partial charge on any atom is 0.320 e. The van der Waals surface area contributed by atoms with Gasteiger partial charge in [-0.3, -0.25) is 14.9 Å². The molecule has 0 aliphatic rings. The van der Waals surface area contributed by atoms with E-state index in [1.165, 1.54) is 12.1 Å². The molecule has 7 heteroatoms. The molecule has 1 aromatic rings. The summed E-state index contributed by atoms with van der Waals surface area (Å²) in [6, 6.07) is 3.35. The quantitative estimate of drug-likeness (QED) is 0.642. The summed E-state index contributed by atoms with van der Waals surface area (Å²) in [6.45, 7) is 0. The van der Waals surface area contributed by atoms with Gasteiger partial charge in [0.2, 0.25) is 0 Å². The van der Waals surface area contributed by atoms with E-state index in [2.05, 4.69) is 15.9 Å². The maximum atomic E-state index is 10.6. The zero-order valence-electron chi connectivity index (χ0n) is 8.09. The predicted octanol–water partition coefficient (Wildman–Crippen LogP) is 1.31. The minimum Gasteiger partial charge on any atom is -0.480 e. The van der Waals surface area contributed by atoms with Gasteiger partial charge in [-0.1, -0.05) is 12.1 Å². The van der Waals surface area contributed by atoms with Gasteiger partial charge in [-0.2, -0.15) is 0 Å². The van der Waals surface area contributed by atoms with E-state index in [0.29, 0.717) is 5.56 Å². The van der Waals surface area contributed by atoms with Gasteiger partial charge in [-0.25, -0.2) is 0 Å². The third kappa shape index (κ3) is 2.77. The number of nitrogens with two attached hydrogens (primary N) is 1. The Bertz CT molecular complexity index is 436. The maximum absolute atomic E-state index is 10.6. The van der Waals surface area contributed by atoms with E-state index in [9.17, 15) is 14.9 Å². The molecule has 0 radical (unpaired) electrons. The van der Waals surface area contributed by atoms with Gasteiger partial charge in [0.25, 0.3) is 5.69 Å². The third-order valence-corrected chi connectivity index (χ3v) is 2.93. The lowest BCUT2D eigenvalue weighted by molar-refractivity contribution is -0.385. The summed E-state index contributed by atoms with van der Waals surface area (Å²) >= 11 is 3.07. The van der Waals surface area contributed by atoms with Crippen LogP contribution in [0.15, 0.2) is 22.7 Å². The molecule has 0 bridgehead atoms. The van der Waals surface area contributed by atoms with Crippen LogP contribution >= 0.6 is 15.9 Å². The SMILES string of the molecule is N[C@@H](Cc1cccc([N+](=O)[O-])c1Br)C(=O)O. The highest BCUT2D eigenvalue weighted by Crippen LogP contribution is 2.28. The van der Waals surface area contributed by atoms with Crippen LogP contribution in [0.1, 0.15) is 5.56 Å². The topological polar surface area (TPSA) is 106 Å². The van der Waals surface area contributed by atoms with Crippen molar-refractivity contribution in [2.45, 2.75) is 12.5 Å². The fraction of sp³-hybridized carbons (Fsp3) is 0.222. The molecule has 0 spiro atoms. The fourth-order valence-corrected chi connectivity index (χ4v) is 1.76. The molecule has 0 fully saturated rings. The number of aliphatic carboxylic acids is 1. The zero-order valence-corrected chi connectivity index (χ0v) is 9.68. The lowest BCUT2D eigenvalue weighted by Crippen LogP contribution is -2.32. The van der Waals surface area contributed by atoms with Crippen molar-refractivity contribution in [3.63, 3.8) is 0 Å². The summed E-state index contributed by atoms with van der Waals surface area (Å²) in [7, 11) is 0. The van der Waals surface area contributed by atoms with E-state index in [-0.39, 0.29) is 16.6 Å². The van der Waals surface area contributed by atoms with Crippen molar-refractivity contribution >= 4 is 27.6 Å². The first-order valence-corrected chi connectivity index (χ1v) is 5.13. The van der Waals surface area contributed by atoms with Crippen LogP contribution in [0.25, 0.3) is 0 Å². The van der Waals surface area contributed by atoms with Gasteiger partial charge in [-0.15, -0.1) is 0 Å². The summed E-state index contributed by atoms with van der Waals surface area (Å²) in [5.41, 5.74) is 5.76. The first-order chi connectivity index (χ1) is 7.43. The summed E-state index contributed by atoms with van der Waals surface area (Å²) < 4.78 is 0.275. The van der Waals surface area contributed by atoms with Crippen molar-refractivity contribution in [2.75, 3.05) is 0 Å². The van der Waals surface area contributed by atoms with E-state index in [1.807, 2.05) is 0 Å². The summed E-state index contributed by atoms with van der Waals surface area (Å²) in [4.78, 5) is 20.6. The number of nitro groups is 1. The van der Waals surface area contributed by atoms with Crippen LogP contribution in [-0.2, 0) is 11.2 Å². The van der Waals surface area contributed by atoms with Crippen LogP contribution < -0.4 is 5.73 Å². The largest absolute Gasteiger partial charge is 0.480 e. The first kappa shape index (κ1) is 12.6. The molecule has 16 heavy (non-hydrogen) atoms. The molecule has 0 saturated carbocycles. The molecule has 0 saturated heterocycles. The average Bonchev–Trinajstić information content (AvgIpc) is 2.20. The minimum absolute atomic E-state index is 0.0393. The first-order valence-electron chi connectivity index (χ1n) is 4.33. The van der Waals surface area contributed by atoms with Gasteiger partial charge in [0, 0.05) is 6.07 Å². The average molecular weight is 289 g/mol. The summed E-state index contributed by atoms with van der Waals surface area (Å²) in [5, 5.41) is 19.3. The lowest BCUT2D eigenvalue weighted by Gasteiger charge is -2.08. The van der Waals surface area contributed by atoms with E-state index in [0.717, 1.165) is 0 Å². The highest BCUT2D eigenvalue weighted by Gasteiger charge is 2.19. The smallest absolute Gasteiger partial charge is 0.320 e. The number of hydrogen-bond donors (Lipinski definition) is 2. The second kappa shape index (κ2) is 5.04. The monoisotopic (exact) mass is 288 g/mol. The van der Waals surface area contributed by atoms with Crippen LogP contribution in [0.5, 0.6) is 0 Å². The number of rotatable bonds is 4. The fourth-order valence-electron chi connectivity index (χ4n) is 1.19. The van der Waals surface area contributed by atoms with Gasteiger partial charge in [0.1, 0.15) is 6.04 Å². The van der Waals surface area contributed by atoms with Crippen LogP contribution in [0.4, 0.5) is 5.69 Å². The third-order valence-electron chi connectivity index (χ3n) is 2.01. The molecule has 1 aromatic carbocycles. The summed E-state index contributed by atoms with van der Waals surface area (Å²) in [6.07, 6.45) is 0.0393. The molecular formula is C9H9BrN2O4. The molecule has 0 unspecified atom stereocenters. The number of carbonyl (C=O) groups is 1. The Hall–Kier alpha value is -1.47. The Balaban J connectivity index is 3.02. The van der Waals surface area contributed by atoms with Crippen molar-refractivity contribution in [3.8, 4) is 0 Å². The van der Waals surface area contributed by atoms with Crippen molar-refractivity contribution in [1.29, 1.82) is 0 Å². The highest BCUT2D eigenvalue weighted by atomic mass is 79.9. The number of nitro benzene ring substituents is 1. The molecule has 0 aliphatic heterocycles. The van der Waals surface area contributed by atoms with Gasteiger partial charge in [0.15, 0.2) is 0 Å². The predicted molar refractivity (Wildman–Crippen MR) is 60.1 cm³/mol. The van der Waals surface area contributed by atoms with Crippen LogP contribution in [-0.4, -0.2) is 22.0 Å². The lowest BCUT2D eigenvalue weighted by atomic mass is 10.1. The van der Waals surface area contributed by atoms with E-state index in [1.54, 1.807) is 6.07 Å². The van der Waals surface area contributed by atoms with E-state index < -0.39 is 16.9 Å². The molecular weight excluding hydrogens is 280 g/mol. The molecule has 1 rings (SSSR count). The van der Waals surface area contributed by atoms with Crippen LogP contribution in [0.2, 0.25) is 0 Å². The van der Waals surface area contributed by atoms with Crippen LogP contribution in [0.3, 0.4) is 0 Å². The Morgan fingerprint density at radius 1 is 1.62 bits per heavy atom. The molecule has 3 N–H and O–H groups in total. The van der Waals surface area contributed by atoms with Gasteiger partial charge in [0.05, 0.1) is 9.40 Å². The van der Waals surface area contributed by atoms with Crippen molar-refractivity contribution < 1.29 is 14.8 Å². The molecule has 0 heterocycles. The standard InChI is InChI=1S/C9H9BrN2O4/c10-8-5(4-6(11)9(13)14)2-1-3-7(8)12(15)16/h1-3,6H,4,11H2,(H,13,14)/t6-/m0/s1. The number of benzene rings is 1. The molecule has 0 amide bonds. The van der Waals surface area contributed by atoms with Crippen molar-refractivity contribution in [2.24, 2.45) is 5.73 Å². The van der Waals surface area contributed by atoms with Crippen molar-refractivity contribution in [3.05, 3.63) is 38.3 Å². The number of hydrogen-bond acceptors (Lipinski definition) is 4. The molecule has 6 nitrogen and oxygen atoms in total. The highest BCUT2D eigenvalue weighted by molar-refractivity contribution is 9.10. The molecule has 86 valence electrons. The Kier molecular flexibility index (Phi) is 3.97. The molecule has 1 atom stereocenters. The normalized spacial score (nSPS) is 12.1. The van der Waals surface area contributed by atoms with Crippen molar-refractivity contribution in [1.82, 2.24) is 0 Å². The van der Waals surface area contributed by atoms with Crippen LogP contribution in [0, 0.1) is 10.1 Å². The Morgan fingerprint density at radius 2 is 2.25 bits per heavy atom. The molecule has 0 aromatic heterocycles. The van der Waals surface area contributed by atoms with E-state index in [4.69, 9.17) is 10.8 Å². The van der Waals surface area contributed by atoms with E-state index >= 15 is 0 Å². The minimum atomic E-state index is -1.14. The van der Waals surface area contributed by atoms with Gasteiger partial charge < -0.3 is 10.8 Å². The number of halogens is 1. The second-order valence-electron chi connectivity index (χ2n) is 3.16. The Morgan fingerprint density at radius 3 is 2.75 bits per heavy atom. The molecule has 0 aliphatic carbocycles. The number of nitrogens with zero attached hydrogens (tertiary/aromatic N) is 1. The Labute approximate surface area is 99.3 Å². The van der Waals surface area contributed by atoms with Gasteiger partial charge >= 0.3 is 5.97 Å². The number of carboxylic acid groups (broad SMARTS) is 1. The number of carboxylic acids is 1. The zero-order chi connectivity index (χ0) is 12.3.